The normalized spacial score (nSPS) is 10.4. The van der Waals surface area contributed by atoms with Crippen LogP contribution in [0, 0.1) is 22.7 Å². The molecule has 7 nitrogen and oxygen atoms in total. The van der Waals surface area contributed by atoms with E-state index in [4.69, 9.17) is 0 Å². The maximum absolute atomic E-state index is 12.4. The minimum absolute atomic E-state index is 0.378. The second-order valence-electron chi connectivity index (χ2n) is 5.62. The Labute approximate surface area is 148 Å². The Kier molecular flexibility index (Phi) is 3.53. The fourth-order valence-electron chi connectivity index (χ4n) is 2.94. The van der Waals surface area contributed by atoms with Gasteiger partial charge in [-0.15, -0.1) is 0 Å². The van der Waals surface area contributed by atoms with Crippen molar-refractivity contribution in [3.05, 3.63) is 72.3 Å². The van der Waals surface area contributed by atoms with Crippen LogP contribution in [0.2, 0.25) is 0 Å². The Hall–Kier alpha value is -4.23. The van der Waals surface area contributed by atoms with E-state index in [1.807, 2.05) is 24.3 Å². The molecule has 0 aromatic carbocycles. The molecule has 0 spiro atoms. The van der Waals surface area contributed by atoms with Gasteiger partial charge in [-0.2, -0.15) is 10.5 Å². The molecule has 4 aromatic heterocycles. The van der Waals surface area contributed by atoms with Gasteiger partial charge in [0.1, 0.15) is 23.3 Å². The summed E-state index contributed by atoms with van der Waals surface area (Å²) in [5.41, 5.74) is 2.97. The van der Waals surface area contributed by atoms with Crippen LogP contribution in [0.3, 0.4) is 0 Å². The van der Waals surface area contributed by atoms with Gasteiger partial charge in [-0.25, -0.2) is 4.79 Å². The fourth-order valence-corrected chi connectivity index (χ4v) is 2.94. The number of nitriles is 2. The minimum atomic E-state index is -0.523. The molecule has 0 radical (unpaired) electrons. The highest BCUT2D eigenvalue weighted by Crippen LogP contribution is 2.25. The van der Waals surface area contributed by atoms with Crippen molar-refractivity contribution < 1.29 is 4.79 Å². The van der Waals surface area contributed by atoms with E-state index in [2.05, 4.69) is 22.8 Å². The molecule has 0 atom stereocenters. The number of aromatic nitrogens is 2. The van der Waals surface area contributed by atoms with E-state index >= 15 is 0 Å². The van der Waals surface area contributed by atoms with Crippen molar-refractivity contribution in [1.82, 2.24) is 8.80 Å². The van der Waals surface area contributed by atoms with Gasteiger partial charge in [0.25, 0.3) is 0 Å². The fraction of sp³-hybridized carbons (Fsp3) is 0. The number of carbonyl (C=O) groups excluding carboxylic acids is 1. The Bertz CT molecular complexity index is 1140. The zero-order chi connectivity index (χ0) is 18.1. The first-order valence-corrected chi connectivity index (χ1v) is 7.79. The van der Waals surface area contributed by atoms with Crippen molar-refractivity contribution in [1.29, 1.82) is 10.5 Å². The van der Waals surface area contributed by atoms with Crippen LogP contribution in [0.25, 0.3) is 11.0 Å². The summed E-state index contributed by atoms with van der Waals surface area (Å²) in [7, 11) is 0. The third-order valence-corrected chi connectivity index (χ3v) is 4.09. The van der Waals surface area contributed by atoms with Crippen LogP contribution in [-0.2, 0) is 0 Å². The van der Waals surface area contributed by atoms with Crippen LogP contribution in [0.1, 0.15) is 11.1 Å². The van der Waals surface area contributed by atoms with Crippen LogP contribution in [-0.4, -0.2) is 14.8 Å². The molecule has 0 fully saturated rings. The summed E-state index contributed by atoms with van der Waals surface area (Å²) in [5, 5.41) is 24.2. The molecule has 0 aliphatic heterocycles. The lowest BCUT2D eigenvalue weighted by molar-refractivity contribution is 0.262. The molecule has 0 aliphatic rings. The maximum atomic E-state index is 12.4. The van der Waals surface area contributed by atoms with E-state index < -0.39 is 6.03 Å². The van der Waals surface area contributed by atoms with Crippen LogP contribution in [0.15, 0.2) is 61.2 Å². The van der Waals surface area contributed by atoms with E-state index in [0.717, 1.165) is 0 Å². The van der Waals surface area contributed by atoms with Crippen molar-refractivity contribution in [2.45, 2.75) is 0 Å². The second-order valence-corrected chi connectivity index (χ2v) is 5.62. The number of anilines is 2. The van der Waals surface area contributed by atoms with Crippen LogP contribution < -0.4 is 10.6 Å². The zero-order valence-electron chi connectivity index (χ0n) is 13.5. The number of carbonyl (C=O) groups is 1. The quantitative estimate of drug-likeness (QED) is 0.583. The number of urea groups is 1. The summed E-state index contributed by atoms with van der Waals surface area (Å²) in [5.74, 6) is 0. The van der Waals surface area contributed by atoms with Gasteiger partial charge in [0, 0.05) is 24.8 Å². The lowest BCUT2D eigenvalue weighted by atomic mass is 10.2. The van der Waals surface area contributed by atoms with Gasteiger partial charge in [-0.1, -0.05) is 12.1 Å². The molecule has 0 bridgehead atoms. The summed E-state index contributed by atoms with van der Waals surface area (Å²) in [4.78, 5) is 12.4. The molecule has 124 valence electrons. The molecule has 26 heavy (non-hydrogen) atoms. The molecule has 4 heterocycles. The van der Waals surface area contributed by atoms with E-state index in [0.29, 0.717) is 33.5 Å². The van der Waals surface area contributed by atoms with Crippen molar-refractivity contribution in [2.75, 3.05) is 10.6 Å². The minimum Gasteiger partial charge on any atom is -0.320 e. The number of fused-ring (bicyclic) bond motifs is 2. The molecule has 0 aliphatic carbocycles. The third kappa shape index (κ3) is 2.41. The maximum Gasteiger partial charge on any atom is 0.323 e. The molecule has 0 saturated heterocycles. The smallest absolute Gasteiger partial charge is 0.320 e. The molecule has 0 unspecified atom stereocenters. The average molecular weight is 340 g/mol. The second kappa shape index (κ2) is 6.00. The van der Waals surface area contributed by atoms with Gasteiger partial charge >= 0.3 is 6.03 Å². The standard InChI is InChI=1S/C19H12N6O/c20-9-13-15(11-24-7-3-1-5-17(13)24)22-19(26)23-16-12-25-8-4-2-6-18(25)14(16)10-21/h1-8,11-12H,(H2,22,23,26). The monoisotopic (exact) mass is 340 g/mol. The predicted octanol–water partition coefficient (Wildman–Crippen LogP) is 3.58. The van der Waals surface area contributed by atoms with E-state index in [1.165, 1.54) is 0 Å². The Morgan fingerprint density at radius 3 is 1.69 bits per heavy atom. The molecule has 4 aromatic rings. The number of hydrogen-bond acceptors (Lipinski definition) is 3. The van der Waals surface area contributed by atoms with Crippen molar-refractivity contribution in [3.63, 3.8) is 0 Å². The van der Waals surface area contributed by atoms with E-state index in [1.54, 1.807) is 45.7 Å². The summed E-state index contributed by atoms with van der Waals surface area (Å²) < 4.78 is 3.53. The summed E-state index contributed by atoms with van der Waals surface area (Å²) in [6.07, 6.45) is 6.95. The van der Waals surface area contributed by atoms with Crippen molar-refractivity contribution in [3.8, 4) is 12.1 Å². The van der Waals surface area contributed by atoms with Crippen LogP contribution in [0.5, 0.6) is 0 Å². The lowest BCUT2D eigenvalue weighted by Gasteiger charge is -2.05. The first kappa shape index (κ1) is 15.3. The SMILES string of the molecule is N#Cc1c(NC(=O)Nc2cn3ccccc3c2C#N)cn2ccccc12. The summed E-state index contributed by atoms with van der Waals surface area (Å²) >= 11 is 0. The summed E-state index contributed by atoms with van der Waals surface area (Å²) in [6.45, 7) is 0. The number of nitrogens with one attached hydrogen (secondary N) is 2. The van der Waals surface area contributed by atoms with E-state index in [9.17, 15) is 15.3 Å². The lowest BCUT2D eigenvalue weighted by Crippen LogP contribution is -2.19. The Morgan fingerprint density at radius 1 is 0.808 bits per heavy atom. The number of rotatable bonds is 2. The van der Waals surface area contributed by atoms with Gasteiger partial charge in [0.2, 0.25) is 0 Å². The van der Waals surface area contributed by atoms with Gasteiger partial charge in [0.15, 0.2) is 0 Å². The zero-order valence-corrected chi connectivity index (χ0v) is 13.5. The van der Waals surface area contributed by atoms with E-state index in [-0.39, 0.29) is 0 Å². The van der Waals surface area contributed by atoms with Crippen molar-refractivity contribution in [2.24, 2.45) is 0 Å². The molecule has 2 amide bonds. The van der Waals surface area contributed by atoms with Crippen LogP contribution in [0.4, 0.5) is 16.2 Å². The van der Waals surface area contributed by atoms with Gasteiger partial charge in [0.05, 0.1) is 22.4 Å². The highest BCUT2D eigenvalue weighted by Gasteiger charge is 2.15. The predicted molar refractivity (Wildman–Crippen MR) is 96.9 cm³/mol. The van der Waals surface area contributed by atoms with Crippen molar-refractivity contribution >= 4 is 28.4 Å². The first-order chi connectivity index (χ1) is 12.7. The molecule has 4 rings (SSSR count). The number of amides is 2. The molecule has 2 N–H and O–H groups in total. The third-order valence-electron chi connectivity index (χ3n) is 4.09. The average Bonchev–Trinajstić information content (AvgIpc) is 3.17. The topological polar surface area (TPSA) is 97.5 Å². The van der Waals surface area contributed by atoms with Gasteiger partial charge in [-0.3, -0.25) is 0 Å². The van der Waals surface area contributed by atoms with Gasteiger partial charge in [-0.05, 0) is 24.3 Å². The summed E-state index contributed by atoms with van der Waals surface area (Å²) in [6, 6.07) is 14.6. The van der Waals surface area contributed by atoms with Crippen LogP contribution >= 0.6 is 0 Å². The number of hydrogen-bond donors (Lipinski definition) is 2. The Morgan fingerprint density at radius 2 is 1.27 bits per heavy atom. The molecule has 0 saturated carbocycles. The molecular formula is C19H12N6O. The van der Waals surface area contributed by atoms with Gasteiger partial charge < -0.3 is 19.4 Å². The molecular weight excluding hydrogens is 328 g/mol. The first-order valence-electron chi connectivity index (χ1n) is 7.79. The largest absolute Gasteiger partial charge is 0.323 e. The molecule has 7 heteroatoms. The highest BCUT2D eigenvalue weighted by molar-refractivity contribution is 6.03. The highest BCUT2D eigenvalue weighted by atomic mass is 16.2. The number of pyridine rings is 2. The Balaban J connectivity index is 1.65. The number of nitrogens with zero attached hydrogens (tertiary/aromatic N) is 4.